The van der Waals surface area contributed by atoms with Crippen LogP contribution in [-0.2, 0) is 17.1 Å². The largest absolute Gasteiger partial charge is 2.00 e. The van der Waals surface area contributed by atoms with Crippen LogP contribution in [0.25, 0.3) is 57.5 Å². The summed E-state index contributed by atoms with van der Waals surface area (Å²) in [5.74, 6) is 0. The third-order valence-corrected chi connectivity index (χ3v) is 5.70. The van der Waals surface area contributed by atoms with Gasteiger partial charge in [-0.15, -0.1) is 12.1 Å². The molecule has 0 fully saturated rings. The van der Waals surface area contributed by atoms with Crippen LogP contribution in [0.15, 0.2) is 97.1 Å². The molecule has 2 aliphatic heterocycles. The summed E-state index contributed by atoms with van der Waals surface area (Å²) in [5.41, 5.74) is 10.2. The van der Waals surface area contributed by atoms with E-state index in [0.29, 0.717) is 0 Å². The Balaban J connectivity index is 0.000000379. The van der Waals surface area contributed by atoms with Gasteiger partial charge in [-0.25, -0.2) is 22.1 Å². The first-order chi connectivity index (χ1) is 16.8. The number of aromatic amines is 2. The van der Waals surface area contributed by atoms with Crippen molar-refractivity contribution < 1.29 is 17.1 Å². The predicted molar refractivity (Wildman–Crippen MR) is 142 cm³/mol. The SMILES string of the molecule is C1=Cc2cc3ccc(cc4cc(-[c-]5cccc5)c(cc5nc(cc1n2)C=C5)[nH]4)[nH]3.[Fe+2].c1cc[cH-]c1. The molecule has 0 amide bonds. The number of hydrogen-bond donors (Lipinski definition) is 2. The first-order valence-electron chi connectivity index (χ1n) is 11.3. The van der Waals surface area contributed by atoms with E-state index in [9.17, 15) is 0 Å². The van der Waals surface area contributed by atoms with Crippen LogP contribution in [0.5, 0.6) is 0 Å². The summed E-state index contributed by atoms with van der Waals surface area (Å²) in [7, 11) is 0. The summed E-state index contributed by atoms with van der Waals surface area (Å²) in [6.07, 6.45) is 8.10. The smallest absolute Gasteiger partial charge is 0.393 e. The van der Waals surface area contributed by atoms with Crippen LogP contribution in [0.3, 0.4) is 0 Å². The predicted octanol–water partition coefficient (Wildman–Crippen LogP) is 7.44. The van der Waals surface area contributed by atoms with E-state index < -0.39 is 0 Å². The molecule has 0 unspecified atom stereocenters. The molecule has 4 nitrogen and oxygen atoms in total. The van der Waals surface area contributed by atoms with Crippen LogP contribution in [0.1, 0.15) is 22.8 Å². The minimum absolute atomic E-state index is 0. The molecule has 2 N–H and O–H groups in total. The maximum atomic E-state index is 4.74. The number of nitrogens with one attached hydrogen (secondary N) is 2. The van der Waals surface area contributed by atoms with Gasteiger partial charge in [0, 0.05) is 16.6 Å². The molecule has 0 radical (unpaired) electrons. The Morgan fingerprint density at radius 2 is 1.20 bits per heavy atom. The molecule has 2 aliphatic rings. The second-order valence-corrected chi connectivity index (χ2v) is 8.22. The zero-order valence-corrected chi connectivity index (χ0v) is 19.9. The minimum Gasteiger partial charge on any atom is -0.393 e. The Kier molecular flexibility index (Phi) is 6.44. The minimum atomic E-state index is 0. The molecule has 0 saturated carbocycles. The molecule has 5 heteroatoms. The van der Waals surface area contributed by atoms with Crippen LogP contribution >= 0.6 is 0 Å². The average Bonchev–Trinajstić information content (AvgIpc) is 3.66. The Bertz CT molecular complexity index is 1630. The number of hydrogen-bond acceptors (Lipinski definition) is 2. The fraction of sp³-hybridized carbons (Fsp3) is 0. The van der Waals surface area contributed by atoms with E-state index >= 15 is 0 Å². The van der Waals surface area contributed by atoms with Gasteiger partial charge in [0.2, 0.25) is 0 Å². The number of aromatic nitrogens is 4. The topological polar surface area (TPSA) is 57.4 Å². The fourth-order valence-corrected chi connectivity index (χ4v) is 4.13. The number of fused-ring (bicyclic) bond motifs is 8. The van der Waals surface area contributed by atoms with Gasteiger partial charge in [-0.05, 0) is 66.2 Å². The number of nitrogens with zero attached hydrogens (tertiary/aromatic N) is 2. The molecule has 7 rings (SSSR count). The average molecular weight is 494 g/mol. The van der Waals surface area contributed by atoms with Gasteiger partial charge in [-0.3, -0.25) is 0 Å². The van der Waals surface area contributed by atoms with Gasteiger partial charge < -0.3 is 9.97 Å². The number of H-pyrrole nitrogens is 2. The Labute approximate surface area is 213 Å². The fourth-order valence-electron chi connectivity index (χ4n) is 4.13. The third-order valence-electron chi connectivity index (χ3n) is 5.70. The van der Waals surface area contributed by atoms with E-state index in [1.54, 1.807) is 0 Å². The van der Waals surface area contributed by atoms with Gasteiger partial charge in [0.05, 0.1) is 22.8 Å². The third kappa shape index (κ3) is 5.17. The van der Waals surface area contributed by atoms with Gasteiger partial charge in [0.1, 0.15) is 0 Å². The normalized spacial score (nSPS) is 11.5. The maximum Gasteiger partial charge on any atom is 2.00 e. The second-order valence-electron chi connectivity index (χ2n) is 8.22. The standard InChI is InChI=1S/C25H17N4.C5H5.Fe/c1-2-4-16(3-1)24-14-23-13-21-8-7-19(27-21)11-17-5-6-18(26-17)12-20-9-10-22(28-20)15-25(24)29-23;1-2-4-5-3-1;/h1-15,27,29H;1-5H;/q2*-1;+2. The van der Waals surface area contributed by atoms with E-state index in [-0.39, 0.29) is 17.1 Å². The van der Waals surface area contributed by atoms with Gasteiger partial charge in [0.15, 0.2) is 0 Å². The van der Waals surface area contributed by atoms with E-state index in [1.165, 1.54) is 11.1 Å². The molecule has 0 aliphatic carbocycles. The van der Waals surface area contributed by atoms with Crippen molar-refractivity contribution in [3.05, 3.63) is 120 Å². The monoisotopic (exact) mass is 494 g/mol. The molecule has 170 valence electrons. The summed E-state index contributed by atoms with van der Waals surface area (Å²) in [4.78, 5) is 16.4. The molecule has 2 aromatic carbocycles. The second kappa shape index (κ2) is 9.98. The molecule has 8 bridgehead atoms. The summed E-state index contributed by atoms with van der Waals surface area (Å²) in [6, 6.07) is 33.0. The summed E-state index contributed by atoms with van der Waals surface area (Å²) < 4.78 is 0. The van der Waals surface area contributed by atoms with Crippen LogP contribution in [-0.4, -0.2) is 19.9 Å². The first kappa shape index (κ1) is 22.6. The van der Waals surface area contributed by atoms with Crippen LogP contribution in [0, 0.1) is 0 Å². The van der Waals surface area contributed by atoms with Crippen molar-refractivity contribution in [2.75, 3.05) is 0 Å². The quantitative estimate of drug-likeness (QED) is 0.184. The van der Waals surface area contributed by atoms with Crippen LogP contribution in [0.4, 0.5) is 0 Å². The molecular weight excluding hydrogens is 472 g/mol. The molecule has 0 spiro atoms. The molecule has 0 atom stereocenters. The molecule has 0 saturated heterocycles. The molecule has 5 heterocycles. The maximum absolute atomic E-state index is 4.74. The molecule has 3 aromatic heterocycles. The zero-order valence-electron chi connectivity index (χ0n) is 18.8. The van der Waals surface area contributed by atoms with Crippen molar-refractivity contribution in [1.29, 1.82) is 0 Å². The van der Waals surface area contributed by atoms with Gasteiger partial charge in [-0.1, -0.05) is 17.2 Å². The van der Waals surface area contributed by atoms with Crippen molar-refractivity contribution >= 4 is 46.4 Å². The van der Waals surface area contributed by atoms with E-state index in [0.717, 1.165) is 44.8 Å². The van der Waals surface area contributed by atoms with E-state index in [4.69, 9.17) is 4.98 Å². The first-order valence-corrected chi connectivity index (χ1v) is 11.3. The van der Waals surface area contributed by atoms with Crippen molar-refractivity contribution in [3.8, 4) is 11.1 Å². The summed E-state index contributed by atoms with van der Waals surface area (Å²) >= 11 is 0. The Hall–Kier alpha value is -4.18. The number of rotatable bonds is 1. The van der Waals surface area contributed by atoms with Crippen molar-refractivity contribution in [2.24, 2.45) is 0 Å². The Morgan fingerprint density at radius 1 is 0.600 bits per heavy atom. The van der Waals surface area contributed by atoms with Gasteiger partial charge >= 0.3 is 17.1 Å². The van der Waals surface area contributed by atoms with E-state index in [1.807, 2.05) is 66.8 Å². The molecule has 35 heavy (non-hydrogen) atoms. The molecular formula is C30H22FeN4. The van der Waals surface area contributed by atoms with Crippen molar-refractivity contribution in [3.63, 3.8) is 0 Å². The van der Waals surface area contributed by atoms with Crippen LogP contribution < -0.4 is 0 Å². The van der Waals surface area contributed by atoms with Crippen molar-refractivity contribution in [1.82, 2.24) is 19.9 Å². The summed E-state index contributed by atoms with van der Waals surface area (Å²) in [6.45, 7) is 0. The van der Waals surface area contributed by atoms with Crippen molar-refractivity contribution in [2.45, 2.75) is 0 Å². The van der Waals surface area contributed by atoms with Gasteiger partial charge in [-0.2, -0.15) is 30.3 Å². The molecule has 5 aromatic rings. The van der Waals surface area contributed by atoms with E-state index in [2.05, 4.69) is 69.5 Å². The summed E-state index contributed by atoms with van der Waals surface area (Å²) in [5, 5.41) is 0. The van der Waals surface area contributed by atoms with Crippen LogP contribution in [0.2, 0.25) is 0 Å². The van der Waals surface area contributed by atoms with Gasteiger partial charge in [0.25, 0.3) is 0 Å². The zero-order chi connectivity index (χ0) is 22.7. The Morgan fingerprint density at radius 3 is 1.83 bits per heavy atom.